The van der Waals surface area contributed by atoms with E-state index in [-0.39, 0.29) is 58.9 Å². The van der Waals surface area contributed by atoms with Crippen LogP contribution in [-0.2, 0) is 21.7 Å². The average Bonchev–Trinajstić information content (AvgIpc) is 2.33. The zero-order valence-electron chi connectivity index (χ0n) is 6.77. The molecule has 0 saturated heterocycles. The number of hydrogen-bond donors (Lipinski definition) is 0. The van der Waals surface area contributed by atoms with E-state index >= 15 is 0 Å². The van der Waals surface area contributed by atoms with Crippen molar-refractivity contribution >= 4 is 48.0 Å². The van der Waals surface area contributed by atoms with Gasteiger partial charge in [0, 0.05) is 21.7 Å². The summed E-state index contributed by atoms with van der Waals surface area (Å²) >= 11 is 0. The van der Waals surface area contributed by atoms with Crippen LogP contribution in [0, 0.1) is 0 Å². The first kappa shape index (κ1) is 19.1. The number of fused-ring (bicyclic) bond motifs is 1. The van der Waals surface area contributed by atoms with Gasteiger partial charge in [0.2, 0.25) is 0 Å². The molecular formula is C9H10Cl3Ti-. The fourth-order valence-corrected chi connectivity index (χ4v) is 1.07. The summed E-state index contributed by atoms with van der Waals surface area (Å²) in [7, 11) is 0. The van der Waals surface area contributed by atoms with E-state index in [1.807, 2.05) is 0 Å². The minimum atomic E-state index is 0. The molecule has 0 aliphatic carbocycles. The summed E-state index contributed by atoms with van der Waals surface area (Å²) in [4.78, 5) is 0. The number of benzene rings is 1. The molecule has 0 aliphatic rings. The van der Waals surface area contributed by atoms with E-state index < -0.39 is 0 Å². The van der Waals surface area contributed by atoms with Crippen LogP contribution in [0.25, 0.3) is 10.8 Å². The van der Waals surface area contributed by atoms with E-state index in [0.717, 1.165) is 0 Å². The largest absolute Gasteiger partial charge is 0.168 e. The maximum atomic E-state index is 2.12. The molecule has 0 nitrogen and oxygen atoms in total. The Kier molecular flexibility index (Phi) is 13.2. The second-order valence-electron chi connectivity index (χ2n) is 2.15. The predicted octanol–water partition coefficient (Wildman–Crippen LogP) is 3.82. The van der Waals surface area contributed by atoms with Crippen molar-refractivity contribution in [3.05, 3.63) is 42.5 Å². The second kappa shape index (κ2) is 8.99. The van der Waals surface area contributed by atoms with Gasteiger partial charge in [0.05, 0.1) is 0 Å². The molecular weight excluding hydrogens is 262 g/mol. The predicted molar refractivity (Wildman–Crippen MR) is 61.3 cm³/mol. The zero-order chi connectivity index (χ0) is 6.10. The molecule has 0 aromatic heterocycles. The molecule has 72 valence electrons. The van der Waals surface area contributed by atoms with Gasteiger partial charge >= 0.3 is 0 Å². The molecule has 2 rings (SSSR count). The molecule has 0 aliphatic heterocycles. The van der Waals surface area contributed by atoms with Gasteiger partial charge in [-0.25, -0.2) is 0 Å². The van der Waals surface area contributed by atoms with Crippen LogP contribution < -0.4 is 0 Å². The van der Waals surface area contributed by atoms with Crippen LogP contribution in [0.3, 0.4) is 0 Å². The molecule has 0 atom stereocenters. The van der Waals surface area contributed by atoms with Crippen molar-refractivity contribution in [3.63, 3.8) is 0 Å². The Morgan fingerprint density at radius 1 is 0.846 bits per heavy atom. The summed E-state index contributed by atoms with van der Waals surface area (Å²) < 4.78 is 0. The summed E-state index contributed by atoms with van der Waals surface area (Å²) in [6.45, 7) is 0. The SMILES string of the molecule is Cl.Cl.Cl.[Ti].c1ccc2[cH-]ccc2c1. The van der Waals surface area contributed by atoms with E-state index in [1.165, 1.54) is 10.8 Å². The summed E-state index contributed by atoms with van der Waals surface area (Å²) in [6.07, 6.45) is 0. The quantitative estimate of drug-likeness (QED) is 0.505. The van der Waals surface area contributed by atoms with Gasteiger partial charge in [-0.2, -0.15) is 17.5 Å². The van der Waals surface area contributed by atoms with E-state index in [9.17, 15) is 0 Å². The monoisotopic (exact) mass is 271 g/mol. The van der Waals surface area contributed by atoms with Crippen molar-refractivity contribution in [1.82, 2.24) is 0 Å². The van der Waals surface area contributed by atoms with Crippen molar-refractivity contribution in [2.24, 2.45) is 0 Å². The maximum Gasteiger partial charge on any atom is 0 e. The molecule has 0 unspecified atom stereocenters. The Balaban J connectivity index is -0.000000250. The van der Waals surface area contributed by atoms with E-state index in [0.29, 0.717) is 0 Å². The van der Waals surface area contributed by atoms with Gasteiger partial charge in [-0.1, -0.05) is 6.07 Å². The number of hydrogen-bond acceptors (Lipinski definition) is 0. The Labute approximate surface area is 112 Å². The van der Waals surface area contributed by atoms with E-state index in [4.69, 9.17) is 0 Å². The van der Waals surface area contributed by atoms with Crippen LogP contribution in [-0.4, -0.2) is 0 Å². The molecule has 0 fully saturated rings. The van der Waals surface area contributed by atoms with Crippen molar-refractivity contribution in [2.75, 3.05) is 0 Å². The first-order chi connectivity index (χ1) is 4.47. The van der Waals surface area contributed by atoms with E-state index in [1.54, 1.807) is 0 Å². The van der Waals surface area contributed by atoms with Gasteiger partial charge in [-0.15, -0.1) is 66.9 Å². The van der Waals surface area contributed by atoms with Gasteiger partial charge in [0.1, 0.15) is 0 Å². The summed E-state index contributed by atoms with van der Waals surface area (Å²) in [5.74, 6) is 0. The number of rotatable bonds is 0. The molecule has 0 bridgehead atoms. The standard InChI is InChI=1S/C9H7.3ClH.Ti/c1-2-5-9-7-3-6-8(9)4-1;;;;/h1-7H;3*1H;/q-1;;;;. The molecule has 4 heteroatoms. The smallest absolute Gasteiger partial charge is 0 e. The zero-order valence-corrected chi connectivity index (χ0v) is 10.8. The fourth-order valence-electron chi connectivity index (χ4n) is 1.07. The third kappa shape index (κ3) is 4.44. The summed E-state index contributed by atoms with van der Waals surface area (Å²) in [6, 6.07) is 14.7. The van der Waals surface area contributed by atoms with Gasteiger partial charge in [-0.05, 0) is 0 Å². The molecule has 0 N–H and O–H groups in total. The topological polar surface area (TPSA) is 0 Å². The Bertz CT molecular complexity index is 289. The van der Waals surface area contributed by atoms with Crippen molar-refractivity contribution in [3.8, 4) is 0 Å². The Hall–Kier alpha value is 0.414. The number of halogens is 3. The van der Waals surface area contributed by atoms with Crippen LogP contribution in [0.4, 0.5) is 0 Å². The van der Waals surface area contributed by atoms with Crippen molar-refractivity contribution in [2.45, 2.75) is 0 Å². The van der Waals surface area contributed by atoms with Crippen molar-refractivity contribution in [1.29, 1.82) is 0 Å². The minimum Gasteiger partial charge on any atom is -0.168 e. The maximum absolute atomic E-state index is 2.12. The van der Waals surface area contributed by atoms with Crippen LogP contribution in [0.5, 0.6) is 0 Å². The molecule has 13 heavy (non-hydrogen) atoms. The van der Waals surface area contributed by atoms with Crippen LogP contribution in [0.15, 0.2) is 42.5 Å². The Morgan fingerprint density at radius 2 is 1.46 bits per heavy atom. The molecule has 0 saturated carbocycles. The van der Waals surface area contributed by atoms with Gasteiger partial charge in [0.25, 0.3) is 0 Å². The third-order valence-corrected chi connectivity index (χ3v) is 1.55. The van der Waals surface area contributed by atoms with Gasteiger partial charge in [-0.3, -0.25) is 0 Å². The first-order valence-corrected chi connectivity index (χ1v) is 3.07. The summed E-state index contributed by atoms with van der Waals surface area (Å²) in [5.41, 5.74) is 0. The molecule has 0 amide bonds. The van der Waals surface area contributed by atoms with Gasteiger partial charge < -0.3 is 0 Å². The van der Waals surface area contributed by atoms with Crippen LogP contribution in [0.2, 0.25) is 0 Å². The second-order valence-corrected chi connectivity index (χ2v) is 2.15. The molecule has 0 spiro atoms. The minimum absolute atomic E-state index is 0. The molecule has 0 radical (unpaired) electrons. The average molecular weight is 272 g/mol. The van der Waals surface area contributed by atoms with Gasteiger partial charge in [0.15, 0.2) is 0 Å². The van der Waals surface area contributed by atoms with Crippen LogP contribution in [0.1, 0.15) is 0 Å². The molecule has 2 aromatic carbocycles. The Morgan fingerprint density at radius 3 is 2.08 bits per heavy atom. The van der Waals surface area contributed by atoms with E-state index in [2.05, 4.69) is 42.5 Å². The summed E-state index contributed by atoms with van der Waals surface area (Å²) in [5, 5.41) is 2.66. The first-order valence-electron chi connectivity index (χ1n) is 3.07. The molecule has 0 heterocycles. The van der Waals surface area contributed by atoms with Crippen molar-refractivity contribution < 1.29 is 21.7 Å². The molecule has 2 aromatic rings. The normalized spacial score (nSPS) is 7.08. The van der Waals surface area contributed by atoms with Crippen LogP contribution >= 0.6 is 37.2 Å². The fraction of sp³-hybridized carbons (Fsp3) is 0. The third-order valence-electron chi connectivity index (χ3n) is 1.55.